The highest BCUT2D eigenvalue weighted by Gasteiger charge is 2.20. The molecule has 0 saturated carbocycles. The van der Waals surface area contributed by atoms with Crippen LogP contribution >= 0.6 is 24.0 Å². The van der Waals surface area contributed by atoms with Gasteiger partial charge in [0.25, 0.3) is 0 Å². The van der Waals surface area contributed by atoms with Gasteiger partial charge in [-0.05, 0) is 36.2 Å². The lowest BCUT2D eigenvalue weighted by Gasteiger charge is -2.27. The molecule has 0 saturated heterocycles. The molecule has 2 aromatic carbocycles. The van der Waals surface area contributed by atoms with Gasteiger partial charge in [-0.1, -0.05) is 24.3 Å². The second-order valence-electron chi connectivity index (χ2n) is 6.11. The molecule has 2 aromatic rings. The maximum absolute atomic E-state index is 5.95. The maximum atomic E-state index is 5.95. The number of benzene rings is 2. The number of guanidine groups is 1. The maximum Gasteiger partial charge on any atom is 0.191 e. The molecule has 0 spiro atoms. The first-order valence-electron chi connectivity index (χ1n) is 8.66. The zero-order chi connectivity index (χ0) is 18.4. The number of fused-ring (bicyclic) bond motifs is 1. The Bertz CT molecular complexity index is 783. The molecule has 0 fully saturated rings. The van der Waals surface area contributed by atoms with Crippen LogP contribution < -0.4 is 24.8 Å². The molecule has 0 aliphatic carbocycles. The number of nitrogens with one attached hydrogen (secondary N) is 2. The third-order valence-electron chi connectivity index (χ3n) is 4.21. The Morgan fingerprint density at radius 1 is 1.19 bits per heavy atom. The zero-order valence-corrected chi connectivity index (χ0v) is 18.2. The number of aryl methyl sites for hydroxylation is 1. The Morgan fingerprint density at radius 3 is 2.67 bits per heavy atom. The molecule has 3 rings (SSSR count). The molecule has 2 N–H and O–H groups in total. The van der Waals surface area contributed by atoms with E-state index in [0.29, 0.717) is 19.7 Å². The van der Waals surface area contributed by atoms with Gasteiger partial charge in [0, 0.05) is 13.6 Å². The topological polar surface area (TPSA) is 64.1 Å². The van der Waals surface area contributed by atoms with Gasteiger partial charge in [0.2, 0.25) is 0 Å². The first kappa shape index (κ1) is 21.1. The van der Waals surface area contributed by atoms with Gasteiger partial charge in [0.15, 0.2) is 17.5 Å². The number of aliphatic imine (C=N–C) groups is 1. The van der Waals surface area contributed by atoms with Crippen LogP contribution in [0.2, 0.25) is 0 Å². The van der Waals surface area contributed by atoms with Gasteiger partial charge in [0.05, 0.1) is 13.7 Å². The van der Waals surface area contributed by atoms with Gasteiger partial charge in [-0.2, -0.15) is 0 Å². The molecule has 0 amide bonds. The molecule has 7 heteroatoms. The van der Waals surface area contributed by atoms with E-state index in [1.54, 1.807) is 14.2 Å². The molecule has 0 bridgehead atoms. The Balaban J connectivity index is 0.00000261. The molecule has 1 heterocycles. The predicted molar refractivity (Wildman–Crippen MR) is 118 cm³/mol. The molecule has 1 atom stereocenters. The van der Waals surface area contributed by atoms with Crippen LogP contribution in [0, 0.1) is 6.92 Å². The van der Waals surface area contributed by atoms with Crippen molar-refractivity contribution in [3.05, 3.63) is 53.6 Å². The summed E-state index contributed by atoms with van der Waals surface area (Å²) in [5, 5.41) is 6.60. The van der Waals surface area contributed by atoms with Crippen LogP contribution in [0.15, 0.2) is 47.5 Å². The lowest BCUT2D eigenvalue weighted by Crippen LogP contribution is -2.45. The van der Waals surface area contributed by atoms with Gasteiger partial charge >= 0.3 is 0 Å². The second-order valence-corrected chi connectivity index (χ2v) is 6.11. The van der Waals surface area contributed by atoms with Crippen molar-refractivity contribution in [1.29, 1.82) is 0 Å². The number of halogens is 1. The van der Waals surface area contributed by atoms with Crippen LogP contribution in [0.1, 0.15) is 11.1 Å². The largest absolute Gasteiger partial charge is 0.496 e. The summed E-state index contributed by atoms with van der Waals surface area (Å²) < 4.78 is 17.0. The summed E-state index contributed by atoms with van der Waals surface area (Å²) in [5.41, 5.74) is 2.28. The van der Waals surface area contributed by atoms with E-state index in [4.69, 9.17) is 14.2 Å². The minimum atomic E-state index is -0.0633. The molecule has 27 heavy (non-hydrogen) atoms. The molecular weight excluding hydrogens is 457 g/mol. The fraction of sp³-hybridized carbons (Fsp3) is 0.350. The standard InChI is InChI=1S/C20H25N3O3.HI/c1-14-10-15(8-9-17(14)24-3)11-22-20(21-2)23-12-16-13-25-18-6-4-5-7-19(18)26-16;/h4-10,16H,11-13H2,1-3H3,(H2,21,22,23);1H. The second kappa shape index (κ2) is 10.2. The quantitative estimate of drug-likeness (QED) is 0.389. The average Bonchev–Trinajstić information content (AvgIpc) is 2.68. The van der Waals surface area contributed by atoms with E-state index in [1.807, 2.05) is 43.3 Å². The fourth-order valence-electron chi connectivity index (χ4n) is 2.83. The van der Waals surface area contributed by atoms with Gasteiger partial charge < -0.3 is 24.8 Å². The zero-order valence-electron chi connectivity index (χ0n) is 15.8. The first-order chi connectivity index (χ1) is 12.7. The number of methoxy groups -OCH3 is 1. The number of hydrogen-bond acceptors (Lipinski definition) is 4. The summed E-state index contributed by atoms with van der Waals surface area (Å²) in [5.74, 6) is 3.19. The third-order valence-corrected chi connectivity index (χ3v) is 4.21. The summed E-state index contributed by atoms with van der Waals surface area (Å²) in [7, 11) is 3.43. The Labute approximate surface area is 177 Å². The van der Waals surface area contributed by atoms with Crippen LogP contribution in [-0.2, 0) is 6.54 Å². The van der Waals surface area contributed by atoms with Crippen LogP contribution in [0.4, 0.5) is 0 Å². The number of para-hydroxylation sites is 2. The van der Waals surface area contributed by atoms with Crippen molar-refractivity contribution >= 4 is 29.9 Å². The SMILES string of the molecule is CN=C(NCc1ccc(OC)c(C)c1)NCC1COc2ccccc2O1.I. The molecule has 1 unspecified atom stereocenters. The van der Waals surface area contributed by atoms with Crippen LogP contribution in [0.5, 0.6) is 17.2 Å². The van der Waals surface area contributed by atoms with Crippen molar-refractivity contribution in [1.82, 2.24) is 10.6 Å². The fourth-order valence-corrected chi connectivity index (χ4v) is 2.83. The van der Waals surface area contributed by atoms with Gasteiger partial charge in [0.1, 0.15) is 18.5 Å². The van der Waals surface area contributed by atoms with Crippen LogP contribution in [0.25, 0.3) is 0 Å². The normalized spacial score (nSPS) is 15.5. The summed E-state index contributed by atoms with van der Waals surface area (Å²) in [4.78, 5) is 4.26. The van der Waals surface area contributed by atoms with Crippen molar-refractivity contribution in [3.8, 4) is 17.2 Å². The van der Waals surface area contributed by atoms with E-state index in [9.17, 15) is 0 Å². The summed E-state index contributed by atoms with van der Waals surface area (Å²) >= 11 is 0. The van der Waals surface area contributed by atoms with E-state index in [2.05, 4.69) is 21.7 Å². The summed E-state index contributed by atoms with van der Waals surface area (Å²) in [6, 6.07) is 13.8. The minimum Gasteiger partial charge on any atom is -0.496 e. The molecule has 6 nitrogen and oxygen atoms in total. The van der Waals surface area contributed by atoms with E-state index in [0.717, 1.165) is 34.3 Å². The highest BCUT2D eigenvalue weighted by atomic mass is 127. The van der Waals surface area contributed by atoms with Crippen molar-refractivity contribution in [2.75, 3.05) is 27.3 Å². The predicted octanol–water partition coefficient (Wildman–Crippen LogP) is 3.13. The number of rotatable bonds is 5. The van der Waals surface area contributed by atoms with Crippen molar-refractivity contribution in [3.63, 3.8) is 0 Å². The summed E-state index contributed by atoms with van der Waals surface area (Å²) in [6.45, 7) is 3.83. The van der Waals surface area contributed by atoms with Crippen LogP contribution in [0.3, 0.4) is 0 Å². The first-order valence-corrected chi connectivity index (χ1v) is 8.66. The molecule has 0 aromatic heterocycles. The molecule has 1 aliphatic rings. The Hall–Kier alpha value is -2.16. The molecule has 0 radical (unpaired) electrons. The smallest absolute Gasteiger partial charge is 0.191 e. The molecule has 1 aliphatic heterocycles. The number of nitrogens with zero attached hydrogens (tertiary/aromatic N) is 1. The Morgan fingerprint density at radius 2 is 1.96 bits per heavy atom. The molecular formula is C20H26IN3O3. The highest BCUT2D eigenvalue weighted by Crippen LogP contribution is 2.30. The van der Waals surface area contributed by atoms with E-state index < -0.39 is 0 Å². The number of ether oxygens (including phenoxy) is 3. The van der Waals surface area contributed by atoms with Crippen LogP contribution in [-0.4, -0.2) is 39.4 Å². The molecule has 146 valence electrons. The Kier molecular flexibility index (Phi) is 8.02. The number of hydrogen-bond donors (Lipinski definition) is 2. The minimum absolute atomic E-state index is 0. The van der Waals surface area contributed by atoms with E-state index in [-0.39, 0.29) is 30.1 Å². The lowest BCUT2D eigenvalue weighted by molar-refractivity contribution is 0.0936. The van der Waals surface area contributed by atoms with Crippen molar-refractivity contribution in [2.45, 2.75) is 19.6 Å². The highest BCUT2D eigenvalue weighted by molar-refractivity contribution is 14.0. The van der Waals surface area contributed by atoms with Gasteiger partial charge in [-0.15, -0.1) is 24.0 Å². The van der Waals surface area contributed by atoms with Crippen molar-refractivity contribution in [2.24, 2.45) is 4.99 Å². The van der Waals surface area contributed by atoms with Crippen molar-refractivity contribution < 1.29 is 14.2 Å². The van der Waals surface area contributed by atoms with Gasteiger partial charge in [-0.25, -0.2) is 0 Å². The van der Waals surface area contributed by atoms with E-state index in [1.165, 1.54) is 0 Å². The van der Waals surface area contributed by atoms with E-state index >= 15 is 0 Å². The monoisotopic (exact) mass is 483 g/mol. The average molecular weight is 483 g/mol. The van der Waals surface area contributed by atoms with Gasteiger partial charge in [-0.3, -0.25) is 4.99 Å². The lowest BCUT2D eigenvalue weighted by atomic mass is 10.1. The summed E-state index contributed by atoms with van der Waals surface area (Å²) in [6.07, 6.45) is -0.0633. The third kappa shape index (κ3) is 5.66.